The molecule has 0 fully saturated rings. The Balaban J connectivity index is 1.89. The lowest BCUT2D eigenvalue weighted by Crippen LogP contribution is -1.93. The lowest BCUT2D eigenvalue weighted by molar-refractivity contribution is 0.805. The lowest BCUT2D eigenvalue weighted by atomic mass is 10.2. The lowest BCUT2D eigenvalue weighted by Gasteiger charge is -2.02. The number of fused-ring (bicyclic) bond motifs is 1. The molecule has 3 aromatic rings. The van der Waals surface area contributed by atoms with Gasteiger partial charge in [0.2, 0.25) is 0 Å². The van der Waals surface area contributed by atoms with Crippen LogP contribution in [0.25, 0.3) is 28.0 Å². The summed E-state index contributed by atoms with van der Waals surface area (Å²) in [5.74, 6) is 0. The number of hydrogen-bond acceptors (Lipinski definition) is 3. The van der Waals surface area contributed by atoms with Gasteiger partial charge in [-0.05, 0) is 38.0 Å². The third-order valence-corrected chi connectivity index (χ3v) is 3.93. The summed E-state index contributed by atoms with van der Waals surface area (Å²) in [7, 11) is 0. The predicted molar refractivity (Wildman–Crippen MR) is 95.0 cm³/mol. The minimum absolute atomic E-state index is 0.857. The molecule has 0 saturated carbocycles. The summed E-state index contributed by atoms with van der Waals surface area (Å²) in [6.45, 7) is 6.35. The van der Waals surface area contributed by atoms with Gasteiger partial charge >= 0.3 is 0 Å². The molecule has 2 heterocycles. The zero-order chi connectivity index (χ0) is 16.2. The first-order valence-corrected chi connectivity index (χ1v) is 8.13. The zero-order valence-electron chi connectivity index (χ0n) is 14.0. The molecule has 4 nitrogen and oxygen atoms in total. The Hall–Kier alpha value is -2.49. The maximum absolute atomic E-state index is 4.72. The summed E-state index contributed by atoms with van der Waals surface area (Å²) >= 11 is 0. The van der Waals surface area contributed by atoms with Crippen LogP contribution in [-0.4, -0.2) is 19.7 Å². The molecule has 0 spiro atoms. The third kappa shape index (κ3) is 3.47. The highest BCUT2D eigenvalue weighted by atomic mass is 15.3. The van der Waals surface area contributed by atoms with E-state index in [9.17, 15) is 0 Å². The van der Waals surface area contributed by atoms with Crippen LogP contribution in [-0.2, 0) is 0 Å². The smallest absolute Gasteiger partial charge is 0.0924 e. The van der Waals surface area contributed by atoms with Crippen molar-refractivity contribution < 1.29 is 0 Å². The van der Waals surface area contributed by atoms with Gasteiger partial charge in [0.05, 0.1) is 29.1 Å². The van der Waals surface area contributed by atoms with Crippen molar-refractivity contribution in [3.8, 4) is 11.3 Å². The molecular formula is C19H22N4. The molecule has 1 aromatic carbocycles. The minimum Gasteiger partial charge on any atom is -0.252 e. The van der Waals surface area contributed by atoms with Crippen LogP contribution in [0.5, 0.6) is 0 Å². The van der Waals surface area contributed by atoms with Gasteiger partial charge in [0.1, 0.15) is 0 Å². The SMILES string of the molecule is CCCC/C=C(\C)n1cc(-c2cnc3ccc(C)cc3n2)cn1. The monoisotopic (exact) mass is 306 g/mol. The fraction of sp³-hybridized carbons (Fsp3) is 0.316. The van der Waals surface area contributed by atoms with Crippen molar-refractivity contribution >= 4 is 16.7 Å². The largest absolute Gasteiger partial charge is 0.252 e. The number of rotatable bonds is 5. The number of benzene rings is 1. The van der Waals surface area contributed by atoms with Crippen LogP contribution in [0.1, 0.15) is 38.7 Å². The van der Waals surface area contributed by atoms with Crippen LogP contribution >= 0.6 is 0 Å². The number of hydrogen-bond donors (Lipinski definition) is 0. The summed E-state index contributed by atoms with van der Waals surface area (Å²) in [4.78, 5) is 9.22. The highest BCUT2D eigenvalue weighted by molar-refractivity contribution is 5.77. The highest BCUT2D eigenvalue weighted by Gasteiger charge is 2.06. The van der Waals surface area contributed by atoms with Crippen molar-refractivity contribution in [3.05, 3.63) is 48.4 Å². The maximum atomic E-state index is 4.72. The van der Waals surface area contributed by atoms with E-state index >= 15 is 0 Å². The van der Waals surface area contributed by atoms with Gasteiger partial charge < -0.3 is 0 Å². The second-order valence-corrected chi connectivity index (χ2v) is 5.91. The van der Waals surface area contributed by atoms with E-state index in [1.54, 1.807) is 0 Å². The van der Waals surface area contributed by atoms with Crippen molar-refractivity contribution in [1.82, 2.24) is 19.7 Å². The summed E-state index contributed by atoms with van der Waals surface area (Å²) in [6.07, 6.45) is 11.4. The van der Waals surface area contributed by atoms with E-state index in [0.29, 0.717) is 0 Å². The van der Waals surface area contributed by atoms with Gasteiger partial charge in [0, 0.05) is 17.5 Å². The summed E-state index contributed by atoms with van der Waals surface area (Å²) in [5.41, 5.74) is 6.02. The summed E-state index contributed by atoms with van der Waals surface area (Å²) in [5, 5.41) is 4.45. The average Bonchev–Trinajstić information content (AvgIpc) is 3.04. The third-order valence-electron chi connectivity index (χ3n) is 3.93. The first kappa shape index (κ1) is 15.4. The predicted octanol–water partition coefficient (Wildman–Crippen LogP) is 4.85. The quantitative estimate of drug-likeness (QED) is 0.633. The van der Waals surface area contributed by atoms with Crippen molar-refractivity contribution in [2.24, 2.45) is 0 Å². The van der Waals surface area contributed by atoms with E-state index < -0.39 is 0 Å². The first-order valence-electron chi connectivity index (χ1n) is 8.13. The fourth-order valence-electron chi connectivity index (χ4n) is 2.52. The zero-order valence-corrected chi connectivity index (χ0v) is 14.0. The molecule has 2 aromatic heterocycles. The number of aryl methyl sites for hydroxylation is 1. The molecular weight excluding hydrogens is 284 g/mol. The van der Waals surface area contributed by atoms with Crippen LogP contribution in [0.15, 0.2) is 42.9 Å². The molecule has 0 aliphatic heterocycles. The van der Waals surface area contributed by atoms with Gasteiger partial charge in [-0.3, -0.25) is 4.98 Å². The second kappa shape index (κ2) is 6.73. The number of allylic oxidation sites excluding steroid dienone is 2. The molecule has 0 saturated heterocycles. The molecule has 23 heavy (non-hydrogen) atoms. The van der Waals surface area contributed by atoms with Crippen LogP contribution < -0.4 is 0 Å². The fourth-order valence-corrected chi connectivity index (χ4v) is 2.52. The Morgan fingerprint density at radius 3 is 2.91 bits per heavy atom. The number of nitrogens with zero attached hydrogens (tertiary/aromatic N) is 4. The van der Waals surface area contributed by atoms with Gasteiger partial charge in [0.15, 0.2) is 0 Å². The van der Waals surface area contributed by atoms with Gasteiger partial charge in [-0.2, -0.15) is 5.10 Å². The molecule has 0 bridgehead atoms. The van der Waals surface area contributed by atoms with Gasteiger partial charge in [-0.25, -0.2) is 9.67 Å². The molecule has 0 unspecified atom stereocenters. The Morgan fingerprint density at radius 1 is 1.22 bits per heavy atom. The van der Waals surface area contributed by atoms with Crippen LogP contribution in [0.4, 0.5) is 0 Å². The standard InChI is InChI=1S/C19H22N4/c1-4-5-6-7-15(3)23-13-16(11-21-23)19-12-20-17-9-8-14(2)10-18(17)22-19/h7-13H,4-6H2,1-3H3/b15-7+. The van der Waals surface area contributed by atoms with E-state index in [1.165, 1.54) is 18.4 Å². The van der Waals surface area contributed by atoms with E-state index in [2.05, 4.69) is 49.1 Å². The van der Waals surface area contributed by atoms with Gasteiger partial charge in [-0.15, -0.1) is 0 Å². The van der Waals surface area contributed by atoms with Crippen LogP contribution in [0, 0.1) is 6.92 Å². The first-order chi connectivity index (χ1) is 11.2. The molecule has 0 amide bonds. The van der Waals surface area contributed by atoms with Crippen molar-refractivity contribution in [2.45, 2.75) is 40.0 Å². The van der Waals surface area contributed by atoms with E-state index in [1.807, 2.05) is 29.3 Å². The Bertz CT molecular complexity index is 845. The Morgan fingerprint density at radius 2 is 2.09 bits per heavy atom. The number of unbranched alkanes of at least 4 members (excludes halogenated alkanes) is 2. The van der Waals surface area contributed by atoms with Crippen LogP contribution in [0.2, 0.25) is 0 Å². The normalized spacial score (nSPS) is 12.0. The molecule has 4 heteroatoms. The van der Waals surface area contributed by atoms with E-state index in [0.717, 1.165) is 34.4 Å². The van der Waals surface area contributed by atoms with E-state index in [4.69, 9.17) is 4.98 Å². The van der Waals surface area contributed by atoms with Crippen molar-refractivity contribution in [1.29, 1.82) is 0 Å². The molecule has 0 N–H and O–H groups in total. The minimum atomic E-state index is 0.857. The second-order valence-electron chi connectivity index (χ2n) is 5.91. The molecule has 0 atom stereocenters. The Kier molecular flexibility index (Phi) is 4.51. The molecule has 3 rings (SSSR count). The topological polar surface area (TPSA) is 43.6 Å². The van der Waals surface area contributed by atoms with Crippen molar-refractivity contribution in [3.63, 3.8) is 0 Å². The molecule has 0 radical (unpaired) electrons. The number of aromatic nitrogens is 4. The van der Waals surface area contributed by atoms with Gasteiger partial charge in [0.25, 0.3) is 0 Å². The average molecular weight is 306 g/mol. The summed E-state index contributed by atoms with van der Waals surface area (Å²) in [6, 6.07) is 6.12. The summed E-state index contributed by atoms with van der Waals surface area (Å²) < 4.78 is 1.91. The molecule has 118 valence electrons. The molecule has 0 aliphatic carbocycles. The Labute approximate surface area is 136 Å². The van der Waals surface area contributed by atoms with Crippen LogP contribution in [0.3, 0.4) is 0 Å². The molecule has 0 aliphatic rings. The van der Waals surface area contributed by atoms with Crippen molar-refractivity contribution in [2.75, 3.05) is 0 Å². The van der Waals surface area contributed by atoms with Gasteiger partial charge in [-0.1, -0.05) is 31.9 Å². The highest BCUT2D eigenvalue weighted by Crippen LogP contribution is 2.20. The maximum Gasteiger partial charge on any atom is 0.0924 e. The van der Waals surface area contributed by atoms with E-state index in [-0.39, 0.29) is 0 Å².